The van der Waals surface area contributed by atoms with Crippen molar-refractivity contribution in [3.05, 3.63) is 69.9 Å². The quantitative estimate of drug-likeness (QED) is 0.548. The lowest BCUT2D eigenvalue weighted by atomic mass is 9.80. The van der Waals surface area contributed by atoms with E-state index in [-0.39, 0.29) is 23.7 Å². The first-order valence-corrected chi connectivity index (χ1v) is 10.5. The van der Waals surface area contributed by atoms with E-state index >= 15 is 0 Å². The van der Waals surface area contributed by atoms with Crippen molar-refractivity contribution in [2.24, 2.45) is 0 Å². The molecule has 3 amide bonds. The minimum Gasteiger partial charge on any atom is -0.369 e. The Balaban J connectivity index is 1.60. The molecule has 0 radical (unpaired) electrons. The molecule has 30 heavy (non-hydrogen) atoms. The Morgan fingerprint density at radius 3 is 2.67 bits per heavy atom. The predicted molar refractivity (Wildman–Crippen MR) is 120 cm³/mol. The lowest BCUT2D eigenvalue weighted by Gasteiger charge is -2.45. The van der Waals surface area contributed by atoms with Gasteiger partial charge in [-0.2, -0.15) is 0 Å². The van der Waals surface area contributed by atoms with Gasteiger partial charge in [0.25, 0.3) is 5.91 Å². The molecule has 156 valence electrons. The van der Waals surface area contributed by atoms with Gasteiger partial charge in [-0.3, -0.25) is 9.69 Å². The maximum Gasteiger partial charge on any atom is 0.329 e. The van der Waals surface area contributed by atoms with Crippen molar-refractivity contribution in [2.45, 2.75) is 45.2 Å². The number of hydrogen-bond donors (Lipinski definition) is 1. The molecule has 1 N–H and O–H groups in total. The number of fused-ring (bicyclic) bond motifs is 1. The smallest absolute Gasteiger partial charge is 0.329 e. The lowest BCUT2D eigenvalue weighted by Crippen LogP contribution is -2.45. The van der Waals surface area contributed by atoms with E-state index in [4.69, 9.17) is 11.6 Å². The summed E-state index contributed by atoms with van der Waals surface area (Å²) in [7, 11) is 2.12. The Morgan fingerprint density at radius 2 is 1.93 bits per heavy atom. The summed E-state index contributed by atoms with van der Waals surface area (Å²) in [4.78, 5) is 28.8. The number of carbonyl (C=O) groups is 2. The second-order valence-corrected chi connectivity index (χ2v) is 9.17. The minimum absolute atomic E-state index is 0.0982. The van der Waals surface area contributed by atoms with Gasteiger partial charge in [-0.05, 0) is 67.2 Å². The first kappa shape index (κ1) is 20.5. The third kappa shape index (κ3) is 3.58. The van der Waals surface area contributed by atoms with Gasteiger partial charge < -0.3 is 10.2 Å². The number of nitrogens with one attached hydrogen (secondary N) is 1. The van der Waals surface area contributed by atoms with Crippen LogP contribution in [0.3, 0.4) is 0 Å². The third-order valence-corrected chi connectivity index (χ3v) is 6.59. The molecule has 0 saturated carbocycles. The van der Waals surface area contributed by atoms with Crippen LogP contribution in [0.1, 0.15) is 49.8 Å². The van der Waals surface area contributed by atoms with Crippen LogP contribution in [0.2, 0.25) is 5.02 Å². The average molecular weight is 424 g/mol. The second-order valence-electron chi connectivity index (χ2n) is 8.77. The predicted octanol–water partition coefficient (Wildman–Crippen LogP) is 5.15. The molecular formula is C24H26ClN3O2. The van der Waals surface area contributed by atoms with Crippen LogP contribution in [0.15, 0.2) is 48.2 Å². The van der Waals surface area contributed by atoms with E-state index in [0.29, 0.717) is 10.9 Å². The average Bonchev–Trinajstić information content (AvgIpc) is 2.95. The molecule has 2 aromatic carbocycles. The molecule has 6 heteroatoms. The van der Waals surface area contributed by atoms with Crippen molar-refractivity contribution in [2.75, 3.05) is 11.9 Å². The van der Waals surface area contributed by atoms with Gasteiger partial charge in [-0.15, -0.1) is 0 Å². The highest BCUT2D eigenvalue weighted by Gasteiger charge is 2.35. The normalized spacial score (nSPS) is 21.8. The molecule has 0 aromatic heterocycles. The van der Waals surface area contributed by atoms with Crippen molar-refractivity contribution in [1.29, 1.82) is 0 Å². The van der Waals surface area contributed by atoms with Gasteiger partial charge in [0.05, 0.1) is 6.54 Å². The molecule has 1 atom stereocenters. The summed E-state index contributed by atoms with van der Waals surface area (Å²) in [6, 6.07) is 13.0. The molecule has 0 bridgehead atoms. The summed E-state index contributed by atoms with van der Waals surface area (Å²) in [6.07, 6.45) is 2.80. The number of halogens is 1. The SMILES string of the molecule is CC1CC(C)(C)N(C)c2ccc(/C=C3/NC(=O)N(Cc4ccccc4Cl)C3=O)cc21. The van der Waals surface area contributed by atoms with E-state index in [1.165, 1.54) is 16.2 Å². The molecular weight excluding hydrogens is 398 g/mol. The first-order chi connectivity index (χ1) is 14.2. The number of anilines is 1. The van der Waals surface area contributed by atoms with Crippen LogP contribution >= 0.6 is 11.6 Å². The number of benzene rings is 2. The topological polar surface area (TPSA) is 52.7 Å². The van der Waals surface area contributed by atoms with E-state index in [2.05, 4.69) is 50.2 Å². The highest BCUT2D eigenvalue weighted by Crippen LogP contribution is 2.42. The zero-order valence-corrected chi connectivity index (χ0v) is 18.5. The molecule has 5 nitrogen and oxygen atoms in total. The van der Waals surface area contributed by atoms with Gasteiger partial charge in [0.15, 0.2) is 0 Å². The minimum atomic E-state index is -0.431. The molecule has 0 spiro atoms. The molecule has 0 aliphatic carbocycles. The number of imide groups is 1. The summed E-state index contributed by atoms with van der Waals surface area (Å²) in [5.41, 5.74) is 4.48. The fourth-order valence-electron chi connectivity index (χ4n) is 4.36. The van der Waals surface area contributed by atoms with Crippen LogP contribution in [0, 0.1) is 0 Å². The molecule has 2 heterocycles. The molecule has 1 saturated heterocycles. The van der Waals surface area contributed by atoms with Gasteiger partial charge in [-0.1, -0.05) is 42.8 Å². The molecule has 2 aromatic rings. The highest BCUT2D eigenvalue weighted by molar-refractivity contribution is 6.31. The second kappa shape index (κ2) is 7.47. The fourth-order valence-corrected chi connectivity index (χ4v) is 4.56. The summed E-state index contributed by atoms with van der Waals surface area (Å²) in [5.74, 6) is 0.0686. The molecule has 1 unspecified atom stereocenters. The van der Waals surface area contributed by atoms with E-state index in [1.54, 1.807) is 12.1 Å². The number of hydrogen-bond acceptors (Lipinski definition) is 3. The largest absolute Gasteiger partial charge is 0.369 e. The maximum absolute atomic E-state index is 12.8. The maximum atomic E-state index is 12.8. The molecule has 4 rings (SSSR count). The van der Waals surface area contributed by atoms with Crippen LogP contribution < -0.4 is 10.2 Å². The fraction of sp³-hybridized carbons (Fsp3) is 0.333. The van der Waals surface area contributed by atoms with E-state index in [9.17, 15) is 9.59 Å². The van der Waals surface area contributed by atoms with Gasteiger partial charge in [0.1, 0.15) is 5.70 Å². The number of urea groups is 1. The summed E-state index contributed by atoms with van der Waals surface area (Å²) < 4.78 is 0. The Kier molecular flexibility index (Phi) is 5.10. The molecule has 1 fully saturated rings. The van der Waals surface area contributed by atoms with Crippen LogP contribution in [-0.4, -0.2) is 29.4 Å². The number of amides is 3. The Labute approximate surface area is 182 Å². The van der Waals surface area contributed by atoms with Crippen LogP contribution in [0.25, 0.3) is 6.08 Å². The van der Waals surface area contributed by atoms with Crippen LogP contribution in [0.5, 0.6) is 0 Å². The van der Waals surface area contributed by atoms with Gasteiger partial charge >= 0.3 is 6.03 Å². The van der Waals surface area contributed by atoms with Crippen LogP contribution in [0.4, 0.5) is 10.5 Å². The standard InChI is InChI=1S/C24H26ClN3O2/c1-15-13-24(2,3)27(4)21-10-9-16(11-18(15)21)12-20-22(29)28(23(30)26-20)14-17-7-5-6-8-19(17)25/h5-12,15H,13-14H2,1-4H3,(H,26,30)/b20-12+. The molecule has 2 aliphatic rings. The number of rotatable bonds is 3. The summed E-state index contributed by atoms with van der Waals surface area (Å²) >= 11 is 6.19. The number of carbonyl (C=O) groups excluding carboxylic acids is 2. The van der Waals surface area contributed by atoms with Crippen molar-refractivity contribution in [1.82, 2.24) is 10.2 Å². The monoisotopic (exact) mass is 423 g/mol. The zero-order valence-electron chi connectivity index (χ0n) is 17.7. The molecule has 2 aliphatic heterocycles. The Bertz CT molecular complexity index is 1060. The summed E-state index contributed by atoms with van der Waals surface area (Å²) in [5, 5.41) is 3.23. The van der Waals surface area contributed by atoms with E-state index in [0.717, 1.165) is 17.5 Å². The van der Waals surface area contributed by atoms with Crippen molar-refractivity contribution in [3.8, 4) is 0 Å². The van der Waals surface area contributed by atoms with Crippen molar-refractivity contribution < 1.29 is 9.59 Å². The van der Waals surface area contributed by atoms with E-state index in [1.807, 2.05) is 24.3 Å². The van der Waals surface area contributed by atoms with Gasteiger partial charge in [0, 0.05) is 23.3 Å². The highest BCUT2D eigenvalue weighted by atomic mass is 35.5. The lowest BCUT2D eigenvalue weighted by molar-refractivity contribution is -0.123. The van der Waals surface area contributed by atoms with Gasteiger partial charge in [-0.25, -0.2) is 4.79 Å². The number of nitrogens with zero attached hydrogens (tertiary/aromatic N) is 2. The first-order valence-electron chi connectivity index (χ1n) is 10.1. The Morgan fingerprint density at radius 1 is 1.20 bits per heavy atom. The van der Waals surface area contributed by atoms with Gasteiger partial charge in [0.2, 0.25) is 0 Å². The van der Waals surface area contributed by atoms with Crippen molar-refractivity contribution in [3.63, 3.8) is 0 Å². The zero-order chi connectivity index (χ0) is 21.6. The van der Waals surface area contributed by atoms with Crippen molar-refractivity contribution >= 4 is 35.3 Å². The third-order valence-electron chi connectivity index (χ3n) is 6.22. The van der Waals surface area contributed by atoms with Crippen LogP contribution in [-0.2, 0) is 11.3 Å². The van der Waals surface area contributed by atoms with E-state index < -0.39 is 6.03 Å². The Hall–Kier alpha value is -2.79. The summed E-state index contributed by atoms with van der Waals surface area (Å²) in [6.45, 7) is 6.88.